The largest absolute Gasteiger partial charge is 0.391 e. The van der Waals surface area contributed by atoms with Crippen molar-refractivity contribution in [2.45, 2.75) is 96.3 Å². The molecule has 15 heteroatoms. The number of likely N-dealkylation sites (tertiary alicyclic amines) is 1. The number of thiazole rings is 1. The first-order valence-corrected chi connectivity index (χ1v) is 18.4. The van der Waals surface area contributed by atoms with Crippen LogP contribution < -0.4 is 10.6 Å². The number of aliphatic hydroxyl groups is 1. The summed E-state index contributed by atoms with van der Waals surface area (Å²) in [6.07, 6.45) is -0.0593. The van der Waals surface area contributed by atoms with Crippen molar-refractivity contribution >= 4 is 39.2 Å². The van der Waals surface area contributed by atoms with Crippen LogP contribution in [0.15, 0.2) is 29.8 Å². The zero-order valence-corrected chi connectivity index (χ0v) is 29.3. The average Bonchev–Trinajstić information content (AvgIpc) is 3.43. The van der Waals surface area contributed by atoms with Gasteiger partial charge in [0.25, 0.3) is 16.0 Å². The third kappa shape index (κ3) is 9.34. The number of carbonyl (C=O) groups is 3. The Bertz CT molecular complexity index is 1540. The van der Waals surface area contributed by atoms with Crippen molar-refractivity contribution in [3.05, 3.63) is 41.0 Å². The lowest BCUT2D eigenvalue weighted by atomic mass is 9.80. The van der Waals surface area contributed by atoms with Crippen LogP contribution in [-0.2, 0) is 33.4 Å². The lowest BCUT2D eigenvalue weighted by Crippen LogP contribution is -2.59. The maximum Gasteiger partial charge on any atom is 0.264 e. The number of rotatable bonds is 15. The minimum Gasteiger partial charge on any atom is -0.391 e. The molecule has 0 unspecified atom stereocenters. The standard InChI is InChI=1S/C32H45FN4O8S2/c1-7-31(4,5)27(36-30(41)32(33)12-13-32)29(40)37-15-23(38)14-25(37)28(39)35-24(17-44-19(2)16-45-47(6,42)43)21-8-10-22(11-9-21)26-20(3)34-18-46-26/h8-11,18-19,23-25,27,38H,7,12-17H2,1-6H3,(H,35,39)(H,36,41)/t19-,23-,24+,25+,27-/m1/s1. The molecular formula is C32H45FN4O8S2. The molecule has 1 aromatic heterocycles. The molecule has 260 valence electrons. The van der Waals surface area contributed by atoms with E-state index in [4.69, 9.17) is 8.92 Å². The molecular weight excluding hydrogens is 652 g/mol. The summed E-state index contributed by atoms with van der Waals surface area (Å²) in [5, 5.41) is 16.2. The van der Waals surface area contributed by atoms with Gasteiger partial charge < -0.3 is 25.4 Å². The van der Waals surface area contributed by atoms with Crippen molar-refractivity contribution in [2.24, 2.45) is 5.41 Å². The van der Waals surface area contributed by atoms with Gasteiger partial charge in [0, 0.05) is 13.0 Å². The predicted molar refractivity (Wildman–Crippen MR) is 175 cm³/mol. The van der Waals surface area contributed by atoms with Crippen LogP contribution in [0.1, 0.15) is 70.7 Å². The summed E-state index contributed by atoms with van der Waals surface area (Å²) in [4.78, 5) is 47.2. The molecule has 1 aliphatic carbocycles. The second-order valence-corrected chi connectivity index (χ2v) is 15.7. The molecule has 2 fully saturated rings. The molecule has 0 spiro atoms. The van der Waals surface area contributed by atoms with E-state index < -0.39 is 69.3 Å². The first-order chi connectivity index (χ1) is 21.9. The van der Waals surface area contributed by atoms with Crippen molar-refractivity contribution in [3.8, 4) is 10.4 Å². The molecule has 0 bridgehead atoms. The summed E-state index contributed by atoms with van der Waals surface area (Å²) in [5.74, 6) is -1.97. The maximum absolute atomic E-state index is 14.6. The number of amides is 3. The Hall–Kier alpha value is -2.98. The Morgan fingerprint density at radius 2 is 1.85 bits per heavy atom. The molecule has 5 atom stereocenters. The van der Waals surface area contributed by atoms with E-state index in [1.807, 2.05) is 38.1 Å². The number of halogens is 1. The van der Waals surface area contributed by atoms with Gasteiger partial charge in [-0.1, -0.05) is 45.0 Å². The first kappa shape index (κ1) is 36.8. The summed E-state index contributed by atoms with van der Waals surface area (Å²) in [7, 11) is -3.68. The number of nitrogens with zero attached hydrogens (tertiary/aromatic N) is 2. The third-order valence-corrected chi connectivity index (χ3v) is 10.4. The Morgan fingerprint density at radius 1 is 1.19 bits per heavy atom. The fourth-order valence-electron chi connectivity index (χ4n) is 5.33. The molecule has 12 nitrogen and oxygen atoms in total. The molecule has 2 aromatic rings. The zero-order valence-electron chi connectivity index (χ0n) is 27.6. The van der Waals surface area contributed by atoms with Crippen LogP contribution in [-0.4, -0.2) is 97.1 Å². The van der Waals surface area contributed by atoms with Crippen LogP contribution in [0, 0.1) is 12.3 Å². The number of hydrogen-bond donors (Lipinski definition) is 3. The molecule has 0 radical (unpaired) electrons. The second kappa shape index (κ2) is 14.6. The van der Waals surface area contributed by atoms with E-state index in [9.17, 15) is 32.3 Å². The third-order valence-electron chi connectivity index (χ3n) is 8.88. The fraction of sp³-hybridized carbons (Fsp3) is 0.625. The topological polar surface area (TPSA) is 164 Å². The molecule has 47 heavy (non-hydrogen) atoms. The monoisotopic (exact) mass is 696 g/mol. The van der Waals surface area contributed by atoms with Gasteiger partial charge in [0.05, 0.1) is 53.8 Å². The second-order valence-electron chi connectivity index (χ2n) is 13.2. The quantitative estimate of drug-likeness (QED) is 0.238. The number of aliphatic hydroxyl groups excluding tert-OH is 1. The summed E-state index contributed by atoms with van der Waals surface area (Å²) in [5.41, 5.74) is 1.52. The highest BCUT2D eigenvalue weighted by atomic mass is 32.2. The maximum atomic E-state index is 14.6. The molecule has 4 rings (SSSR count). The number of hydrogen-bond acceptors (Lipinski definition) is 10. The molecule has 1 saturated heterocycles. The smallest absolute Gasteiger partial charge is 0.264 e. The van der Waals surface area contributed by atoms with Crippen LogP contribution >= 0.6 is 11.3 Å². The Balaban J connectivity index is 1.55. The van der Waals surface area contributed by atoms with E-state index in [-0.39, 0.29) is 39.0 Å². The summed E-state index contributed by atoms with van der Waals surface area (Å²) in [6, 6.07) is 4.57. The number of nitrogens with one attached hydrogen (secondary N) is 2. The Kier molecular flexibility index (Phi) is 11.5. The van der Waals surface area contributed by atoms with Gasteiger partial charge >= 0.3 is 0 Å². The van der Waals surface area contributed by atoms with Crippen LogP contribution in [0.2, 0.25) is 0 Å². The van der Waals surface area contributed by atoms with Crippen LogP contribution in [0.25, 0.3) is 10.4 Å². The van der Waals surface area contributed by atoms with Gasteiger partial charge in [0.2, 0.25) is 11.8 Å². The van der Waals surface area contributed by atoms with Gasteiger partial charge in [0.1, 0.15) is 12.1 Å². The number of ether oxygens (including phenoxy) is 1. The molecule has 3 N–H and O–H groups in total. The average molecular weight is 697 g/mol. The highest BCUT2D eigenvalue weighted by molar-refractivity contribution is 7.85. The number of alkyl halides is 1. The van der Waals surface area contributed by atoms with E-state index in [0.717, 1.165) is 22.4 Å². The van der Waals surface area contributed by atoms with Gasteiger partial charge in [-0.15, -0.1) is 11.3 Å². The van der Waals surface area contributed by atoms with Gasteiger partial charge in [0.15, 0.2) is 5.67 Å². The number of β-amino-alcohol motifs (C(OH)–C–C–N with tert-alkyl or cyclic N) is 1. The molecule has 3 amide bonds. The van der Waals surface area contributed by atoms with Crippen molar-refractivity contribution in [1.82, 2.24) is 20.5 Å². The van der Waals surface area contributed by atoms with Crippen LogP contribution in [0.3, 0.4) is 0 Å². The number of benzene rings is 1. The van der Waals surface area contributed by atoms with E-state index in [1.165, 1.54) is 16.2 Å². The van der Waals surface area contributed by atoms with Gasteiger partial charge in [-0.3, -0.25) is 18.6 Å². The first-order valence-electron chi connectivity index (χ1n) is 15.7. The van der Waals surface area contributed by atoms with Crippen molar-refractivity contribution < 1.29 is 41.2 Å². The lowest BCUT2D eigenvalue weighted by Gasteiger charge is -2.37. The van der Waals surface area contributed by atoms with Crippen LogP contribution in [0.5, 0.6) is 0 Å². The van der Waals surface area contributed by atoms with Gasteiger partial charge in [-0.2, -0.15) is 8.42 Å². The highest BCUT2D eigenvalue weighted by Crippen LogP contribution is 2.41. The van der Waals surface area contributed by atoms with Gasteiger partial charge in [-0.25, -0.2) is 9.37 Å². The van der Waals surface area contributed by atoms with Crippen LogP contribution in [0.4, 0.5) is 4.39 Å². The van der Waals surface area contributed by atoms with E-state index in [1.54, 1.807) is 26.3 Å². The Morgan fingerprint density at radius 3 is 2.40 bits per heavy atom. The molecule has 2 heterocycles. The molecule has 2 aliphatic rings. The molecule has 1 saturated carbocycles. The lowest BCUT2D eigenvalue weighted by molar-refractivity contribution is -0.145. The fourth-order valence-corrected chi connectivity index (χ4v) is 6.58. The number of carbonyl (C=O) groups excluding carboxylic acids is 3. The number of aromatic nitrogens is 1. The SMILES string of the molecule is CCC(C)(C)[C@H](NC(=O)C1(F)CC1)C(=O)N1C[C@H](O)C[C@H]1C(=O)N[C@@H](CO[C@H](C)COS(C)(=O)=O)c1ccc(-c2scnc2C)cc1. The van der Waals surface area contributed by atoms with Crippen molar-refractivity contribution in [3.63, 3.8) is 0 Å². The van der Waals surface area contributed by atoms with Crippen molar-refractivity contribution in [1.29, 1.82) is 0 Å². The minimum absolute atomic E-state index is 0.0341. The van der Waals surface area contributed by atoms with Gasteiger partial charge in [-0.05, 0) is 49.7 Å². The Labute approximate surface area is 279 Å². The highest BCUT2D eigenvalue weighted by Gasteiger charge is 2.53. The minimum atomic E-state index is -3.68. The molecule has 1 aromatic carbocycles. The summed E-state index contributed by atoms with van der Waals surface area (Å²) < 4.78 is 48.3. The molecule has 1 aliphatic heterocycles. The van der Waals surface area contributed by atoms with E-state index in [2.05, 4.69) is 15.6 Å². The van der Waals surface area contributed by atoms with E-state index in [0.29, 0.717) is 12.0 Å². The predicted octanol–water partition coefficient (Wildman–Crippen LogP) is 3.04. The zero-order chi connectivity index (χ0) is 34.7. The van der Waals surface area contributed by atoms with E-state index >= 15 is 0 Å². The van der Waals surface area contributed by atoms with Crippen molar-refractivity contribution in [2.75, 3.05) is 26.0 Å². The summed E-state index contributed by atoms with van der Waals surface area (Å²) in [6.45, 7) is 8.57. The summed E-state index contributed by atoms with van der Waals surface area (Å²) >= 11 is 1.51. The normalized spacial score (nSPS) is 21.1. The number of aryl methyl sites for hydroxylation is 1.